The van der Waals surface area contributed by atoms with Gasteiger partial charge in [-0.3, -0.25) is 0 Å². The summed E-state index contributed by atoms with van der Waals surface area (Å²) in [6.45, 7) is 2.27. The summed E-state index contributed by atoms with van der Waals surface area (Å²) in [6.07, 6.45) is 25.0. The van der Waals surface area contributed by atoms with E-state index < -0.39 is 0 Å². The molecule has 3 heteroatoms. The van der Waals surface area contributed by atoms with Crippen molar-refractivity contribution in [3.63, 3.8) is 0 Å². The summed E-state index contributed by atoms with van der Waals surface area (Å²) in [6, 6.07) is 0. The minimum atomic E-state index is 0.0811. The zero-order valence-corrected chi connectivity index (χ0v) is 15.5. The van der Waals surface area contributed by atoms with Gasteiger partial charge in [0.25, 0.3) is 0 Å². The molecule has 0 N–H and O–H groups in total. The highest BCUT2D eigenvalue weighted by atomic mass is 16.3. The third-order valence-corrected chi connectivity index (χ3v) is 4.38. The van der Waals surface area contributed by atoms with E-state index in [2.05, 4.69) is 29.1 Å². The first-order valence-electron chi connectivity index (χ1n) is 9.96. The van der Waals surface area contributed by atoms with Crippen LogP contribution >= 0.6 is 0 Å². The van der Waals surface area contributed by atoms with E-state index in [0.717, 1.165) is 12.8 Å². The van der Waals surface area contributed by atoms with Crippen molar-refractivity contribution < 1.29 is 5.11 Å². The molecule has 1 aliphatic rings. The summed E-state index contributed by atoms with van der Waals surface area (Å²) >= 11 is 0. The monoisotopic (exact) mass is 331 g/mol. The molecule has 0 saturated carbocycles. The van der Waals surface area contributed by atoms with Gasteiger partial charge in [0.2, 0.25) is 0 Å². The topological polar surface area (TPSA) is 47.8 Å². The molecule has 0 saturated heterocycles. The minimum Gasteiger partial charge on any atom is -0.873 e. The van der Waals surface area contributed by atoms with Crippen LogP contribution in [0, 0.1) is 0 Å². The van der Waals surface area contributed by atoms with E-state index in [-0.39, 0.29) is 5.76 Å². The molecule has 136 valence electrons. The Morgan fingerprint density at radius 1 is 0.792 bits per heavy atom. The van der Waals surface area contributed by atoms with Crippen LogP contribution in [0.3, 0.4) is 0 Å². The first-order valence-corrected chi connectivity index (χ1v) is 9.96. The highest BCUT2D eigenvalue weighted by molar-refractivity contribution is 6.18. The van der Waals surface area contributed by atoms with Crippen molar-refractivity contribution in [3.05, 3.63) is 23.7 Å². The molecule has 0 unspecified atom stereocenters. The maximum absolute atomic E-state index is 11.7. The van der Waals surface area contributed by atoms with Crippen molar-refractivity contribution >= 4 is 12.4 Å². The van der Waals surface area contributed by atoms with Crippen molar-refractivity contribution in [2.24, 2.45) is 9.98 Å². The predicted molar refractivity (Wildman–Crippen MR) is 103 cm³/mol. The van der Waals surface area contributed by atoms with Crippen molar-refractivity contribution in [1.29, 1.82) is 0 Å². The summed E-state index contributed by atoms with van der Waals surface area (Å²) in [5, 5.41) is 11.7. The molecule has 0 fully saturated rings. The van der Waals surface area contributed by atoms with Crippen molar-refractivity contribution in [2.45, 2.75) is 96.8 Å². The normalized spacial score (nSPS) is 13.5. The lowest BCUT2D eigenvalue weighted by atomic mass is 10.1. The molecule has 0 atom stereocenters. The SMILES string of the molecule is CCCCCCCC/C=C\CCCCCCCC([O-])=C1N=CC=N1. The Balaban J connectivity index is 1.82. The van der Waals surface area contributed by atoms with Crippen LogP contribution in [0.25, 0.3) is 0 Å². The first-order chi connectivity index (χ1) is 11.8. The highest BCUT2D eigenvalue weighted by Crippen LogP contribution is 2.14. The zero-order valence-electron chi connectivity index (χ0n) is 15.5. The Bertz CT molecular complexity index is 408. The fourth-order valence-electron chi connectivity index (χ4n) is 2.85. The summed E-state index contributed by atoms with van der Waals surface area (Å²) in [4.78, 5) is 7.87. The summed E-state index contributed by atoms with van der Waals surface area (Å²) in [7, 11) is 0. The van der Waals surface area contributed by atoms with E-state index in [0.29, 0.717) is 12.2 Å². The van der Waals surface area contributed by atoms with Crippen LogP contribution in [0.2, 0.25) is 0 Å². The molecule has 0 aromatic heterocycles. The standard InChI is InChI=1S/C21H36N2O/c1-2-3-4-5-6-7-8-9-10-11-12-13-14-15-16-17-20(24)21-22-18-19-23-21/h9-10,18-19,24H,2-8,11-17H2,1H3/p-1/b10-9-. The largest absolute Gasteiger partial charge is 0.873 e. The maximum Gasteiger partial charge on any atom is 0.140 e. The Kier molecular flexibility index (Phi) is 13.1. The molecule has 0 aromatic carbocycles. The molecule has 0 radical (unpaired) electrons. The molecular formula is C21H35N2O-. The van der Waals surface area contributed by atoms with Gasteiger partial charge in [0.05, 0.1) is 0 Å². The lowest BCUT2D eigenvalue weighted by molar-refractivity contribution is -0.308. The predicted octanol–water partition coefficient (Wildman–Crippen LogP) is 5.71. The van der Waals surface area contributed by atoms with Gasteiger partial charge in [-0.2, -0.15) is 0 Å². The van der Waals surface area contributed by atoms with Crippen molar-refractivity contribution in [2.75, 3.05) is 0 Å². The van der Waals surface area contributed by atoms with Gasteiger partial charge in [0.15, 0.2) is 0 Å². The molecule has 0 bridgehead atoms. The molecule has 1 heterocycles. The molecule has 3 nitrogen and oxygen atoms in total. The van der Waals surface area contributed by atoms with Gasteiger partial charge >= 0.3 is 0 Å². The zero-order chi connectivity index (χ0) is 17.3. The third kappa shape index (κ3) is 11.2. The second-order valence-electron chi connectivity index (χ2n) is 6.64. The van der Waals surface area contributed by atoms with Crippen molar-refractivity contribution in [1.82, 2.24) is 0 Å². The van der Waals surface area contributed by atoms with Crippen molar-refractivity contribution in [3.8, 4) is 0 Å². The highest BCUT2D eigenvalue weighted by Gasteiger charge is 1.97. The van der Waals surface area contributed by atoms with E-state index in [1.54, 1.807) is 12.4 Å². The number of aliphatic imine (C=N–C) groups is 2. The molecular weight excluding hydrogens is 296 g/mol. The van der Waals surface area contributed by atoms with Gasteiger partial charge in [-0.25, -0.2) is 9.98 Å². The van der Waals surface area contributed by atoms with E-state index in [4.69, 9.17) is 0 Å². The molecule has 1 rings (SSSR count). The molecule has 0 aliphatic carbocycles. The summed E-state index contributed by atoms with van der Waals surface area (Å²) in [5.41, 5.74) is 0. The van der Waals surface area contributed by atoms with Gasteiger partial charge in [-0.1, -0.05) is 82.6 Å². The number of unbranched alkanes of at least 4 members (excludes halogenated alkanes) is 11. The Morgan fingerprint density at radius 2 is 1.29 bits per heavy atom. The van der Waals surface area contributed by atoms with Gasteiger partial charge in [0, 0.05) is 12.4 Å². The van der Waals surface area contributed by atoms with Crippen LogP contribution in [-0.4, -0.2) is 12.4 Å². The second-order valence-corrected chi connectivity index (χ2v) is 6.64. The maximum atomic E-state index is 11.7. The van der Waals surface area contributed by atoms with Gasteiger partial charge in [0.1, 0.15) is 5.82 Å². The van der Waals surface area contributed by atoms with E-state index in [1.807, 2.05) is 0 Å². The molecule has 0 spiro atoms. The lowest BCUT2D eigenvalue weighted by Gasteiger charge is -2.11. The van der Waals surface area contributed by atoms with Crippen LogP contribution in [0.1, 0.15) is 96.8 Å². The Morgan fingerprint density at radius 3 is 1.88 bits per heavy atom. The van der Waals surface area contributed by atoms with Crippen LogP contribution in [0.4, 0.5) is 0 Å². The first kappa shape index (κ1) is 20.7. The van der Waals surface area contributed by atoms with E-state index in [1.165, 1.54) is 70.6 Å². The quantitative estimate of drug-likeness (QED) is 0.215. The smallest absolute Gasteiger partial charge is 0.140 e. The third-order valence-electron chi connectivity index (χ3n) is 4.38. The molecule has 0 amide bonds. The number of allylic oxidation sites excluding steroid dienone is 3. The number of hydrogen-bond acceptors (Lipinski definition) is 3. The molecule has 1 aliphatic heterocycles. The van der Waals surface area contributed by atoms with Crippen LogP contribution in [0.15, 0.2) is 33.7 Å². The fraction of sp³-hybridized carbons (Fsp3) is 0.714. The van der Waals surface area contributed by atoms with Crippen LogP contribution < -0.4 is 5.11 Å². The fourth-order valence-corrected chi connectivity index (χ4v) is 2.85. The number of rotatable bonds is 15. The second kappa shape index (κ2) is 15.2. The Hall–Kier alpha value is -1.38. The van der Waals surface area contributed by atoms with Gasteiger partial charge < -0.3 is 5.11 Å². The van der Waals surface area contributed by atoms with Gasteiger partial charge in [-0.05, 0) is 32.1 Å². The lowest BCUT2D eigenvalue weighted by Crippen LogP contribution is -2.05. The van der Waals surface area contributed by atoms with E-state index >= 15 is 0 Å². The summed E-state index contributed by atoms with van der Waals surface area (Å²) < 4.78 is 0. The molecule has 24 heavy (non-hydrogen) atoms. The average Bonchev–Trinajstić information content (AvgIpc) is 3.13. The number of nitrogens with zero attached hydrogens (tertiary/aromatic N) is 2. The van der Waals surface area contributed by atoms with E-state index in [9.17, 15) is 5.11 Å². The van der Waals surface area contributed by atoms with Crippen LogP contribution in [0.5, 0.6) is 0 Å². The molecule has 0 aromatic rings. The summed E-state index contributed by atoms with van der Waals surface area (Å²) in [5.74, 6) is 0.461. The Labute approximate surface area is 148 Å². The van der Waals surface area contributed by atoms with Crippen LogP contribution in [-0.2, 0) is 0 Å². The van der Waals surface area contributed by atoms with Gasteiger partial charge in [-0.15, -0.1) is 0 Å². The number of hydrogen-bond donors (Lipinski definition) is 0. The average molecular weight is 332 g/mol. The minimum absolute atomic E-state index is 0.0811.